The molecule has 0 aliphatic heterocycles. The van der Waals surface area contributed by atoms with Crippen molar-refractivity contribution in [3.63, 3.8) is 0 Å². The topological polar surface area (TPSA) is 41.4 Å². The van der Waals surface area contributed by atoms with E-state index in [1.165, 1.54) is 11.1 Å². The largest absolute Gasteiger partial charge is 0.342 e. The summed E-state index contributed by atoms with van der Waals surface area (Å²) in [5.74, 6) is 0. The standard InChI is InChI=1S/C23H25ClN4S/c1-3-18-9-6-10-19(4-2)22(18)26-23(29)27-25-15-21-12-7-13-28(21)16-17-8-5-11-20(24)14-17/h5-15H,3-4,16H2,1-2H3,(H2,26,27,29)/b25-15-. The van der Waals surface area contributed by atoms with E-state index in [0.717, 1.165) is 41.4 Å². The second-order valence-electron chi connectivity index (χ2n) is 6.67. The number of hydrogen-bond acceptors (Lipinski definition) is 2. The van der Waals surface area contributed by atoms with Crippen LogP contribution in [0.4, 0.5) is 5.69 Å². The van der Waals surface area contributed by atoms with Gasteiger partial charge in [-0.3, -0.25) is 5.43 Å². The highest BCUT2D eigenvalue weighted by Gasteiger charge is 2.07. The van der Waals surface area contributed by atoms with E-state index < -0.39 is 0 Å². The van der Waals surface area contributed by atoms with Crippen molar-refractivity contribution < 1.29 is 0 Å². The average molecular weight is 425 g/mol. The smallest absolute Gasteiger partial charge is 0.191 e. The summed E-state index contributed by atoms with van der Waals surface area (Å²) in [5.41, 5.74) is 8.60. The van der Waals surface area contributed by atoms with Gasteiger partial charge in [-0.05, 0) is 66.0 Å². The zero-order valence-corrected chi connectivity index (χ0v) is 18.2. The molecule has 6 heteroatoms. The SMILES string of the molecule is CCc1cccc(CC)c1NC(=S)N/N=C\c1cccn1Cc1cccc(Cl)c1. The monoisotopic (exact) mass is 424 g/mol. The van der Waals surface area contributed by atoms with E-state index in [0.29, 0.717) is 5.11 Å². The van der Waals surface area contributed by atoms with Crippen LogP contribution in [-0.2, 0) is 19.4 Å². The quantitative estimate of drug-likeness (QED) is 0.293. The van der Waals surface area contributed by atoms with Gasteiger partial charge in [-0.1, -0.05) is 55.8 Å². The summed E-state index contributed by atoms with van der Waals surface area (Å²) < 4.78 is 2.11. The van der Waals surface area contributed by atoms with Crippen molar-refractivity contribution in [1.82, 2.24) is 9.99 Å². The van der Waals surface area contributed by atoms with E-state index in [4.69, 9.17) is 23.8 Å². The summed E-state index contributed by atoms with van der Waals surface area (Å²) in [6.07, 6.45) is 5.67. The average Bonchev–Trinajstić information content (AvgIpc) is 3.15. The Kier molecular flexibility index (Phi) is 7.44. The van der Waals surface area contributed by atoms with E-state index in [1.807, 2.05) is 36.5 Å². The highest BCUT2D eigenvalue weighted by molar-refractivity contribution is 7.80. The number of aryl methyl sites for hydroxylation is 2. The molecule has 4 nitrogen and oxygen atoms in total. The molecule has 0 aliphatic carbocycles. The van der Waals surface area contributed by atoms with Crippen LogP contribution in [0.1, 0.15) is 36.2 Å². The van der Waals surface area contributed by atoms with Crippen LogP contribution < -0.4 is 10.7 Å². The molecule has 0 unspecified atom stereocenters. The zero-order chi connectivity index (χ0) is 20.6. The Morgan fingerprint density at radius 2 is 1.79 bits per heavy atom. The Hall–Kier alpha value is -2.63. The number of rotatable bonds is 7. The lowest BCUT2D eigenvalue weighted by Gasteiger charge is -2.15. The molecule has 0 bridgehead atoms. The molecule has 0 aliphatic rings. The van der Waals surface area contributed by atoms with E-state index in [2.05, 4.69) is 58.5 Å². The molecule has 2 N–H and O–H groups in total. The predicted molar refractivity (Wildman–Crippen MR) is 127 cm³/mol. The third-order valence-corrected chi connectivity index (χ3v) is 5.14. The van der Waals surface area contributed by atoms with Crippen LogP contribution in [0.2, 0.25) is 5.02 Å². The van der Waals surface area contributed by atoms with Crippen LogP contribution in [0, 0.1) is 0 Å². The Bertz CT molecular complexity index is 987. The van der Waals surface area contributed by atoms with Crippen molar-refractivity contribution in [3.8, 4) is 0 Å². The molecule has 0 amide bonds. The second-order valence-corrected chi connectivity index (χ2v) is 7.52. The minimum absolute atomic E-state index is 0.477. The van der Waals surface area contributed by atoms with Gasteiger partial charge in [0, 0.05) is 23.5 Å². The minimum atomic E-state index is 0.477. The summed E-state index contributed by atoms with van der Waals surface area (Å²) >= 11 is 11.5. The van der Waals surface area contributed by atoms with Gasteiger partial charge < -0.3 is 9.88 Å². The number of halogens is 1. The number of thiocarbonyl (C=S) groups is 1. The zero-order valence-electron chi connectivity index (χ0n) is 16.7. The van der Waals surface area contributed by atoms with Gasteiger partial charge in [0.15, 0.2) is 5.11 Å². The van der Waals surface area contributed by atoms with Crippen molar-refractivity contribution in [3.05, 3.63) is 88.2 Å². The fourth-order valence-corrected chi connectivity index (χ4v) is 3.59. The van der Waals surface area contributed by atoms with Crippen LogP contribution >= 0.6 is 23.8 Å². The molecule has 0 fully saturated rings. The lowest BCUT2D eigenvalue weighted by molar-refractivity contribution is 0.799. The van der Waals surface area contributed by atoms with Gasteiger partial charge in [0.25, 0.3) is 0 Å². The molecule has 1 aromatic heterocycles. The summed E-state index contributed by atoms with van der Waals surface area (Å²) in [7, 11) is 0. The van der Waals surface area contributed by atoms with Crippen LogP contribution in [0.25, 0.3) is 0 Å². The maximum Gasteiger partial charge on any atom is 0.191 e. The highest BCUT2D eigenvalue weighted by atomic mass is 35.5. The van der Waals surface area contributed by atoms with Crippen LogP contribution in [-0.4, -0.2) is 15.9 Å². The first-order chi connectivity index (χ1) is 14.1. The first-order valence-corrected chi connectivity index (χ1v) is 10.5. The van der Waals surface area contributed by atoms with Gasteiger partial charge in [0.1, 0.15) is 0 Å². The van der Waals surface area contributed by atoms with Gasteiger partial charge in [0.05, 0.1) is 11.9 Å². The summed E-state index contributed by atoms with van der Waals surface area (Å²) in [6, 6.07) is 18.2. The summed E-state index contributed by atoms with van der Waals surface area (Å²) in [4.78, 5) is 0. The molecule has 2 aromatic carbocycles. The highest BCUT2D eigenvalue weighted by Crippen LogP contribution is 2.22. The lowest BCUT2D eigenvalue weighted by Crippen LogP contribution is -2.25. The fraction of sp³-hybridized carbons (Fsp3) is 0.217. The van der Waals surface area contributed by atoms with E-state index in [1.54, 1.807) is 6.21 Å². The molecule has 0 atom stereocenters. The van der Waals surface area contributed by atoms with Crippen molar-refractivity contribution in [1.29, 1.82) is 0 Å². The Labute approximate surface area is 182 Å². The number of benzene rings is 2. The maximum absolute atomic E-state index is 6.09. The molecule has 0 spiro atoms. The number of anilines is 1. The number of hydrazone groups is 1. The van der Waals surface area contributed by atoms with Crippen molar-refractivity contribution in [2.24, 2.45) is 5.10 Å². The van der Waals surface area contributed by atoms with Gasteiger partial charge in [-0.2, -0.15) is 5.10 Å². The van der Waals surface area contributed by atoms with Crippen molar-refractivity contribution in [2.45, 2.75) is 33.2 Å². The van der Waals surface area contributed by atoms with Crippen LogP contribution in [0.3, 0.4) is 0 Å². The number of aromatic nitrogens is 1. The van der Waals surface area contributed by atoms with Gasteiger partial charge >= 0.3 is 0 Å². The molecule has 0 radical (unpaired) electrons. The lowest BCUT2D eigenvalue weighted by atomic mass is 10.0. The third kappa shape index (κ3) is 5.68. The predicted octanol–water partition coefficient (Wildman–Crippen LogP) is 5.64. The van der Waals surface area contributed by atoms with Crippen LogP contribution in [0.15, 0.2) is 65.9 Å². The Balaban J connectivity index is 1.64. The molecule has 0 saturated heterocycles. The van der Waals surface area contributed by atoms with Gasteiger partial charge in [-0.15, -0.1) is 0 Å². The molecule has 1 heterocycles. The molecule has 29 heavy (non-hydrogen) atoms. The van der Waals surface area contributed by atoms with E-state index in [9.17, 15) is 0 Å². The Morgan fingerprint density at radius 3 is 2.48 bits per heavy atom. The number of hydrogen-bond donors (Lipinski definition) is 2. The minimum Gasteiger partial charge on any atom is -0.342 e. The van der Waals surface area contributed by atoms with E-state index in [-0.39, 0.29) is 0 Å². The fourth-order valence-electron chi connectivity index (χ4n) is 3.22. The van der Waals surface area contributed by atoms with Gasteiger partial charge in [-0.25, -0.2) is 0 Å². The first-order valence-electron chi connectivity index (χ1n) is 9.71. The molecular formula is C23H25ClN4S. The first kappa shape index (κ1) is 21.1. The van der Waals surface area contributed by atoms with E-state index >= 15 is 0 Å². The molecule has 3 rings (SSSR count). The summed E-state index contributed by atoms with van der Waals surface area (Å²) in [6.45, 7) is 5.01. The molecular weight excluding hydrogens is 400 g/mol. The normalized spacial score (nSPS) is 11.0. The van der Waals surface area contributed by atoms with Crippen molar-refractivity contribution in [2.75, 3.05) is 5.32 Å². The number of nitrogens with zero attached hydrogens (tertiary/aromatic N) is 2. The summed E-state index contributed by atoms with van der Waals surface area (Å²) in [5, 5.41) is 8.84. The number of para-hydroxylation sites is 1. The van der Waals surface area contributed by atoms with Crippen LogP contribution in [0.5, 0.6) is 0 Å². The second kappa shape index (κ2) is 10.2. The Morgan fingerprint density at radius 1 is 1.07 bits per heavy atom. The third-order valence-electron chi connectivity index (χ3n) is 4.71. The maximum atomic E-state index is 6.09. The molecule has 150 valence electrons. The molecule has 0 saturated carbocycles. The van der Waals surface area contributed by atoms with Gasteiger partial charge in [0.2, 0.25) is 0 Å². The van der Waals surface area contributed by atoms with Crippen molar-refractivity contribution >= 4 is 40.8 Å². The number of nitrogens with one attached hydrogen (secondary N) is 2. The molecule has 3 aromatic rings.